The van der Waals surface area contributed by atoms with Gasteiger partial charge in [-0.05, 0) is 18.2 Å². The Balaban J connectivity index is 2.43. The van der Waals surface area contributed by atoms with Crippen LogP contribution in [0.2, 0.25) is 0 Å². The number of benzene rings is 2. The lowest BCUT2D eigenvalue weighted by molar-refractivity contribution is -0.384. The first-order valence-corrected chi connectivity index (χ1v) is 6.63. The monoisotopic (exact) mass is 335 g/mol. The van der Waals surface area contributed by atoms with Gasteiger partial charge in [-0.15, -0.1) is 0 Å². The van der Waals surface area contributed by atoms with Gasteiger partial charge < -0.3 is 0 Å². The molecule has 1 aromatic heterocycles. The molecule has 0 atom stereocenters. The molecule has 0 aliphatic heterocycles. The Kier molecular flexibility index (Phi) is 3.55. The van der Waals surface area contributed by atoms with E-state index in [1.165, 1.54) is 24.3 Å². The highest BCUT2D eigenvalue weighted by Gasteiger charge is 2.38. The maximum Gasteiger partial charge on any atom is 0.450 e. The van der Waals surface area contributed by atoms with E-state index in [1.54, 1.807) is 6.07 Å². The van der Waals surface area contributed by atoms with Crippen LogP contribution in [0, 0.1) is 10.1 Å². The molecule has 0 unspecified atom stereocenters. The number of para-hydroxylation sites is 1. The number of nitrogens with zero attached hydrogens (tertiary/aromatic N) is 3. The molecule has 0 amide bonds. The molecule has 122 valence electrons. The number of fused-ring (bicyclic) bond motifs is 1. The van der Waals surface area contributed by atoms with Crippen LogP contribution in [0.25, 0.3) is 16.6 Å². The average Bonchev–Trinajstić information content (AvgIpc) is 2.54. The summed E-state index contributed by atoms with van der Waals surface area (Å²) in [5.41, 5.74) is -1.77. The molecule has 0 bridgehead atoms. The smallest absolute Gasteiger partial charge is 0.268 e. The molecule has 0 saturated carbocycles. The van der Waals surface area contributed by atoms with Crippen molar-refractivity contribution in [2.45, 2.75) is 6.18 Å². The molecule has 24 heavy (non-hydrogen) atoms. The van der Waals surface area contributed by atoms with E-state index in [0.29, 0.717) is 4.57 Å². The number of nitro benzene ring substituents is 1. The molecular formula is C15H8F3N3O3. The van der Waals surface area contributed by atoms with E-state index in [1.807, 2.05) is 0 Å². The minimum atomic E-state index is -4.91. The number of halogens is 3. The molecule has 9 heteroatoms. The standard InChI is InChI=1S/C15H8F3N3O3/c16-15(17,18)14-19-12-8-10(21(23)24)6-7-11(12)13(22)20(14)9-4-2-1-3-5-9/h1-8H. The Labute approximate surface area is 131 Å². The molecule has 0 aliphatic rings. The van der Waals surface area contributed by atoms with Crippen LogP contribution in [0.3, 0.4) is 0 Å². The fraction of sp³-hybridized carbons (Fsp3) is 0.0667. The van der Waals surface area contributed by atoms with Crippen molar-refractivity contribution in [1.29, 1.82) is 0 Å². The third-order valence-electron chi connectivity index (χ3n) is 3.33. The first-order chi connectivity index (χ1) is 11.3. The van der Waals surface area contributed by atoms with Crippen LogP contribution in [0.15, 0.2) is 53.3 Å². The SMILES string of the molecule is O=c1c2ccc([N+](=O)[O-])cc2nc(C(F)(F)F)n1-c1ccccc1. The van der Waals surface area contributed by atoms with E-state index in [0.717, 1.165) is 18.2 Å². The van der Waals surface area contributed by atoms with Gasteiger partial charge in [0, 0.05) is 12.1 Å². The van der Waals surface area contributed by atoms with E-state index in [4.69, 9.17) is 0 Å². The molecule has 0 fully saturated rings. The summed E-state index contributed by atoms with van der Waals surface area (Å²) in [6.45, 7) is 0. The Morgan fingerprint density at radius 1 is 1.08 bits per heavy atom. The highest BCUT2D eigenvalue weighted by molar-refractivity contribution is 5.80. The maximum atomic E-state index is 13.3. The van der Waals surface area contributed by atoms with E-state index in [-0.39, 0.29) is 16.6 Å². The summed E-state index contributed by atoms with van der Waals surface area (Å²) in [4.78, 5) is 26.0. The quantitative estimate of drug-likeness (QED) is 0.532. The summed E-state index contributed by atoms with van der Waals surface area (Å²) in [6.07, 6.45) is -4.91. The largest absolute Gasteiger partial charge is 0.450 e. The molecule has 1 heterocycles. The van der Waals surface area contributed by atoms with Crippen LogP contribution >= 0.6 is 0 Å². The topological polar surface area (TPSA) is 78.0 Å². The number of rotatable bonds is 2. The van der Waals surface area contributed by atoms with Crippen molar-refractivity contribution in [1.82, 2.24) is 9.55 Å². The van der Waals surface area contributed by atoms with Crippen LogP contribution in [0.1, 0.15) is 5.82 Å². The summed E-state index contributed by atoms with van der Waals surface area (Å²) < 4.78 is 40.5. The van der Waals surface area contributed by atoms with Crippen molar-refractivity contribution < 1.29 is 18.1 Å². The van der Waals surface area contributed by atoms with Crippen LogP contribution in [-0.4, -0.2) is 14.5 Å². The molecule has 0 aliphatic carbocycles. The molecule has 3 aromatic rings. The predicted octanol–water partition coefficient (Wildman–Crippen LogP) is 3.31. The van der Waals surface area contributed by atoms with Crippen molar-refractivity contribution in [3.8, 4) is 5.69 Å². The molecule has 2 aromatic carbocycles. The minimum absolute atomic E-state index is 0.00239. The van der Waals surface area contributed by atoms with Crippen molar-refractivity contribution in [2.75, 3.05) is 0 Å². The summed E-state index contributed by atoms with van der Waals surface area (Å²) >= 11 is 0. The van der Waals surface area contributed by atoms with Gasteiger partial charge in [0.2, 0.25) is 5.82 Å². The van der Waals surface area contributed by atoms with Gasteiger partial charge in [-0.2, -0.15) is 13.2 Å². The van der Waals surface area contributed by atoms with Gasteiger partial charge >= 0.3 is 6.18 Å². The number of alkyl halides is 3. The zero-order valence-corrected chi connectivity index (χ0v) is 11.8. The second kappa shape index (κ2) is 5.44. The number of hydrogen-bond donors (Lipinski definition) is 0. The molecule has 6 nitrogen and oxygen atoms in total. The predicted molar refractivity (Wildman–Crippen MR) is 79.0 cm³/mol. The second-order valence-corrected chi connectivity index (χ2v) is 4.87. The van der Waals surface area contributed by atoms with E-state index >= 15 is 0 Å². The lowest BCUT2D eigenvalue weighted by Crippen LogP contribution is -2.28. The van der Waals surface area contributed by atoms with Crippen molar-refractivity contribution >= 4 is 16.6 Å². The number of aromatic nitrogens is 2. The third kappa shape index (κ3) is 2.60. The van der Waals surface area contributed by atoms with Gasteiger partial charge in [0.1, 0.15) is 0 Å². The van der Waals surface area contributed by atoms with E-state index in [9.17, 15) is 28.1 Å². The zero-order valence-electron chi connectivity index (χ0n) is 11.8. The highest BCUT2D eigenvalue weighted by Crippen LogP contribution is 2.30. The fourth-order valence-electron chi connectivity index (χ4n) is 2.29. The first kappa shape index (κ1) is 15.7. The van der Waals surface area contributed by atoms with Gasteiger partial charge in [0.15, 0.2) is 0 Å². The lowest BCUT2D eigenvalue weighted by atomic mass is 10.2. The maximum absolute atomic E-state index is 13.3. The first-order valence-electron chi connectivity index (χ1n) is 6.63. The number of nitro groups is 1. The molecule has 3 rings (SSSR count). The average molecular weight is 335 g/mol. The Morgan fingerprint density at radius 3 is 2.33 bits per heavy atom. The molecule has 0 saturated heterocycles. The third-order valence-corrected chi connectivity index (χ3v) is 3.33. The Morgan fingerprint density at radius 2 is 1.75 bits per heavy atom. The zero-order chi connectivity index (χ0) is 17.5. The van der Waals surface area contributed by atoms with Crippen LogP contribution < -0.4 is 5.56 Å². The highest BCUT2D eigenvalue weighted by atomic mass is 19.4. The van der Waals surface area contributed by atoms with E-state index < -0.39 is 28.2 Å². The Bertz CT molecular complexity index is 998. The fourth-order valence-corrected chi connectivity index (χ4v) is 2.29. The summed E-state index contributed by atoms with van der Waals surface area (Å²) in [5, 5.41) is 10.6. The van der Waals surface area contributed by atoms with Crippen molar-refractivity contribution in [2.24, 2.45) is 0 Å². The van der Waals surface area contributed by atoms with Crippen molar-refractivity contribution in [3.63, 3.8) is 0 Å². The van der Waals surface area contributed by atoms with Crippen LogP contribution in [0.4, 0.5) is 18.9 Å². The Hall–Kier alpha value is -3.23. The molecule has 0 N–H and O–H groups in total. The van der Waals surface area contributed by atoms with Gasteiger partial charge in [-0.1, -0.05) is 18.2 Å². The lowest BCUT2D eigenvalue weighted by Gasteiger charge is -2.15. The number of non-ortho nitro benzene ring substituents is 1. The van der Waals surface area contributed by atoms with Crippen LogP contribution in [-0.2, 0) is 6.18 Å². The van der Waals surface area contributed by atoms with Crippen molar-refractivity contribution in [3.05, 3.63) is 74.8 Å². The number of hydrogen-bond acceptors (Lipinski definition) is 4. The molecule has 0 spiro atoms. The summed E-state index contributed by atoms with van der Waals surface area (Å²) in [6, 6.07) is 10.3. The van der Waals surface area contributed by atoms with Crippen LogP contribution in [0.5, 0.6) is 0 Å². The van der Waals surface area contributed by atoms with Gasteiger partial charge in [0.25, 0.3) is 11.2 Å². The molecule has 0 radical (unpaired) electrons. The van der Waals surface area contributed by atoms with Gasteiger partial charge in [-0.3, -0.25) is 19.5 Å². The van der Waals surface area contributed by atoms with Gasteiger partial charge in [0.05, 0.1) is 21.5 Å². The normalized spacial score (nSPS) is 11.6. The minimum Gasteiger partial charge on any atom is -0.268 e. The van der Waals surface area contributed by atoms with Gasteiger partial charge in [-0.25, -0.2) is 4.98 Å². The molecular weight excluding hydrogens is 327 g/mol. The summed E-state index contributed by atoms with van der Waals surface area (Å²) in [5.74, 6) is -1.44. The van der Waals surface area contributed by atoms with E-state index in [2.05, 4.69) is 4.98 Å². The summed E-state index contributed by atoms with van der Waals surface area (Å²) in [7, 11) is 0. The second-order valence-electron chi connectivity index (χ2n) is 4.87.